The summed E-state index contributed by atoms with van der Waals surface area (Å²) in [5.74, 6) is 0.0470. The Morgan fingerprint density at radius 1 is 1.13 bits per heavy atom. The van der Waals surface area contributed by atoms with Gasteiger partial charge in [0.05, 0.1) is 40.6 Å². The summed E-state index contributed by atoms with van der Waals surface area (Å²) in [4.78, 5) is 33.9. The smallest absolute Gasteiger partial charge is 0.338 e. The number of hydrogen-bond donors (Lipinski definition) is 0. The van der Waals surface area contributed by atoms with E-state index in [2.05, 4.69) is 0 Å². The number of esters is 1. The van der Waals surface area contributed by atoms with Crippen LogP contribution in [-0.2, 0) is 9.53 Å². The maximum absolute atomic E-state index is 13.9. The van der Waals surface area contributed by atoms with E-state index < -0.39 is 12.0 Å². The second kappa shape index (κ2) is 11.7. The first-order chi connectivity index (χ1) is 18.9. The first kappa shape index (κ1) is 27.0. The Kier molecular flexibility index (Phi) is 8.07. The molecule has 3 aromatic carbocycles. The minimum atomic E-state index is -0.715. The standard InChI is InChI=1S/C30H25ClN2O4S2/c1-4-37-29(35)25-26(19-8-6-5-7-9-19)32-30-33(27(25)20-11-13-21(38-3)14-12-20)28(34)24(39-30)17-18-10-15-23(36-2)22(31)16-18/h5-17,27H,4H2,1-3H3/b24-17+/t27-/m0/s1. The molecule has 0 N–H and O–H groups in total. The fourth-order valence-corrected chi connectivity index (χ4v) is 6.14. The summed E-state index contributed by atoms with van der Waals surface area (Å²) in [6, 6.07) is 22.0. The van der Waals surface area contributed by atoms with Crippen molar-refractivity contribution in [2.45, 2.75) is 17.9 Å². The van der Waals surface area contributed by atoms with Crippen LogP contribution >= 0.6 is 34.7 Å². The highest BCUT2D eigenvalue weighted by molar-refractivity contribution is 7.98. The van der Waals surface area contributed by atoms with Crippen LogP contribution < -0.4 is 19.6 Å². The SMILES string of the molecule is CCOC(=O)C1=C(c2ccccc2)N=c2s/c(=C/c3ccc(OC)c(Cl)c3)c(=O)n2[C@H]1c1ccc(SC)cc1. The third kappa shape index (κ3) is 5.32. The van der Waals surface area contributed by atoms with E-state index in [1.807, 2.05) is 66.9 Å². The molecule has 0 aliphatic carbocycles. The Bertz CT molecular complexity index is 1740. The molecule has 1 aromatic heterocycles. The molecule has 0 saturated carbocycles. The lowest BCUT2D eigenvalue weighted by Crippen LogP contribution is -2.40. The summed E-state index contributed by atoms with van der Waals surface area (Å²) in [5, 5.41) is 0.446. The predicted molar refractivity (Wildman–Crippen MR) is 157 cm³/mol. The van der Waals surface area contributed by atoms with Crippen LogP contribution in [0.3, 0.4) is 0 Å². The monoisotopic (exact) mass is 576 g/mol. The predicted octanol–water partition coefficient (Wildman–Crippen LogP) is 5.32. The van der Waals surface area contributed by atoms with Crippen molar-refractivity contribution in [2.24, 2.45) is 4.99 Å². The van der Waals surface area contributed by atoms with Gasteiger partial charge in [0.1, 0.15) is 5.75 Å². The van der Waals surface area contributed by atoms with Crippen LogP contribution in [0, 0.1) is 0 Å². The van der Waals surface area contributed by atoms with Gasteiger partial charge < -0.3 is 9.47 Å². The zero-order chi connectivity index (χ0) is 27.5. The molecule has 1 atom stereocenters. The molecule has 2 heterocycles. The molecule has 1 aliphatic rings. The molecular weight excluding hydrogens is 552 g/mol. The van der Waals surface area contributed by atoms with E-state index in [-0.39, 0.29) is 12.2 Å². The highest BCUT2D eigenvalue weighted by Crippen LogP contribution is 2.35. The Balaban J connectivity index is 1.79. The third-order valence-corrected chi connectivity index (χ3v) is 8.30. The number of aromatic nitrogens is 1. The van der Waals surface area contributed by atoms with Crippen LogP contribution in [0.2, 0.25) is 5.02 Å². The van der Waals surface area contributed by atoms with Gasteiger partial charge in [-0.05, 0) is 54.6 Å². The number of thioether (sulfide) groups is 1. The summed E-state index contributed by atoms with van der Waals surface area (Å²) in [5.41, 5.74) is 2.88. The number of thiazole rings is 1. The Morgan fingerprint density at radius 3 is 2.51 bits per heavy atom. The normalized spacial score (nSPS) is 15.1. The average molecular weight is 577 g/mol. The molecule has 0 amide bonds. The minimum absolute atomic E-state index is 0.200. The lowest BCUT2D eigenvalue weighted by molar-refractivity contribution is -0.138. The summed E-state index contributed by atoms with van der Waals surface area (Å²) < 4.78 is 12.8. The van der Waals surface area contributed by atoms with Crippen molar-refractivity contribution in [2.75, 3.05) is 20.0 Å². The largest absolute Gasteiger partial charge is 0.495 e. The van der Waals surface area contributed by atoms with Gasteiger partial charge >= 0.3 is 5.97 Å². The van der Waals surface area contributed by atoms with Gasteiger partial charge in [0, 0.05) is 10.5 Å². The van der Waals surface area contributed by atoms with E-state index in [1.165, 1.54) is 11.3 Å². The highest BCUT2D eigenvalue weighted by Gasteiger charge is 2.35. The van der Waals surface area contributed by atoms with E-state index in [9.17, 15) is 9.59 Å². The molecule has 5 rings (SSSR count). The molecule has 0 radical (unpaired) electrons. The van der Waals surface area contributed by atoms with Crippen molar-refractivity contribution >= 4 is 52.4 Å². The number of carbonyl (C=O) groups is 1. The van der Waals surface area contributed by atoms with Gasteiger partial charge in [0.15, 0.2) is 4.80 Å². The van der Waals surface area contributed by atoms with Gasteiger partial charge in [-0.2, -0.15) is 0 Å². The minimum Gasteiger partial charge on any atom is -0.495 e. The Hall–Kier alpha value is -3.59. The molecule has 1 aliphatic heterocycles. The van der Waals surface area contributed by atoms with Gasteiger partial charge in [-0.15, -0.1) is 11.8 Å². The zero-order valence-electron chi connectivity index (χ0n) is 21.5. The van der Waals surface area contributed by atoms with Crippen LogP contribution in [0.1, 0.15) is 29.7 Å². The highest BCUT2D eigenvalue weighted by atomic mass is 35.5. The zero-order valence-corrected chi connectivity index (χ0v) is 23.9. The van der Waals surface area contributed by atoms with E-state index in [0.29, 0.717) is 31.4 Å². The summed E-state index contributed by atoms with van der Waals surface area (Å²) in [6.07, 6.45) is 3.78. The summed E-state index contributed by atoms with van der Waals surface area (Å²) >= 11 is 9.22. The molecule has 39 heavy (non-hydrogen) atoms. The lowest BCUT2D eigenvalue weighted by Gasteiger charge is -2.26. The number of fused-ring (bicyclic) bond motifs is 1. The van der Waals surface area contributed by atoms with Crippen LogP contribution in [0.5, 0.6) is 5.75 Å². The second-order valence-electron chi connectivity index (χ2n) is 8.60. The van der Waals surface area contributed by atoms with Gasteiger partial charge in [-0.25, -0.2) is 9.79 Å². The Labute approximate surface area is 238 Å². The van der Waals surface area contributed by atoms with Crippen molar-refractivity contribution in [1.29, 1.82) is 0 Å². The van der Waals surface area contributed by atoms with Gasteiger partial charge in [0.2, 0.25) is 0 Å². The van der Waals surface area contributed by atoms with Crippen molar-refractivity contribution in [3.05, 3.63) is 120 Å². The van der Waals surface area contributed by atoms with Crippen LogP contribution in [0.15, 0.2) is 93.1 Å². The quantitative estimate of drug-likeness (QED) is 0.220. The first-order valence-corrected chi connectivity index (χ1v) is 14.6. The van der Waals surface area contributed by atoms with Crippen molar-refractivity contribution < 1.29 is 14.3 Å². The van der Waals surface area contributed by atoms with E-state index in [1.54, 1.807) is 48.6 Å². The van der Waals surface area contributed by atoms with Crippen molar-refractivity contribution in [3.63, 3.8) is 0 Å². The maximum atomic E-state index is 13.9. The number of rotatable bonds is 7. The van der Waals surface area contributed by atoms with Crippen LogP contribution in [-0.4, -0.2) is 30.5 Å². The average Bonchev–Trinajstić information content (AvgIpc) is 3.27. The molecule has 0 unspecified atom stereocenters. The van der Waals surface area contributed by atoms with E-state index >= 15 is 0 Å². The number of benzene rings is 3. The van der Waals surface area contributed by atoms with E-state index in [0.717, 1.165) is 21.6 Å². The molecular formula is C30H25ClN2O4S2. The van der Waals surface area contributed by atoms with Crippen molar-refractivity contribution in [3.8, 4) is 5.75 Å². The fraction of sp³-hybridized carbons (Fsp3) is 0.167. The number of carbonyl (C=O) groups excluding carboxylic acids is 1. The fourth-order valence-electron chi connectivity index (χ4n) is 4.47. The van der Waals surface area contributed by atoms with Crippen LogP contribution in [0.25, 0.3) is 11.8 Å². The van der Waals surface area contributed by atoms with Gasteiger partial charge in [0.25, 0.3) is 5.56 Å². The number of ether oxygens (including phenoxy) is 2. The first-order valence-electron chi connectivity index (χ1n) is 12.2. The topological polar surface area (TPSA) is 69.9 Å². The third-order valence-electron chi connectivity index (χ3n) is 6.28. The number of methoxy groups -OCH3 is 1. The molecule has 6 nitrogen and oxygen atoms in total. The molecule has 0 fully saturated rings. The maximum Gasteiger partial charge on any atom is 0.338 e. The van der Waals surface area contributed by atoms with Gasteiger partial charge in [-0.3, -0.25) is 9.36 Å². The number of hydrogen-bond acceptors (Lipinski definition) is 7. The molecule has 0 spiro atoms. The summed E-state index contributed by atoms with van der Waals surface area (Å²) in [7, 11) is 1.55. The molecule has 0 bridgehead atoms. The van der Waals surface area contributed by atoms with Crippen molar-refractivity contribution in [1.82, 2.24) is 4.57 Å². The second-order valence-corrected chi connectivity index (χ2v) is 10.9. The molecule has 0 saturated heterocycles. The Morgan fingerprint density at radius 2 is 1.87 bits per heavy atom. The summed E-state index contributed by atoms with van der Waals surface area (Å²) in [6.45, 7) is 1.96. The lowest BCUT2D eigenvalue weighted by atomic mass is 9.93. The van der Waals surface area contributed by atoms with Crippen LogP contribution in [0.4, 0.5) is 0 Å². The molecule has 198 valence electrons. The van der Waals surface area contributed by atoms with E-state index in [4.69, 9.17) is 26.1 Å². The number of nitrogens with zero attached hydrogens (tertiary/aromatic N) is 2. The molecule has 4 aromatic rings. The number of halogens is 1. The van der Waals surface area contributed by atoms with Gasteiger partial charge in [-0.1, -0.05) is 71.5 Å². The molecule has 9 heteroatoms.